The van der Waals surface area contributed by atoms with Gasteiger partial charge in [-0.3, -0.25) is 0 Å². The van der Waals surface area contributed by atoms with Crippen molar-refractivity contribution in [2.24, 2.45) is 0 Å². The zero-order chi connectivity index (χ0) is 18.7. The first-order valence-corrected chi connectivity index (χ1v) is 8.31. The molecule has 132 valence electrons. The number of ether oxygens (including phenoxy) is 2. The molecule has 0 fully saturated rings. The molecule has 0 atom stereocenters. The number of rotatable bonds is 3. The Kier molecular flexibility index (Phi) is 4.94. The molecular formula is C18H14N2O5S. The summed E-state index contributed by atoms with van der Waals surface area (Å²) in [7, 11) is 2.46. The van der Waals surface area contributed by atoms with Crippen LogP contribution in [0.4, 0.5) is 0 Å². The molecule has 0 N–H and O–H groups in total. The molecule has 3 rings (SSSR count). The average molecular weight is 370 g/mol. The van der Waals surface area contributed by atoms with Crippen LogP contribution in [0.2, 0.25) is 0 Å². The number of nitrogens with zero attached hydrogens (tertiary/aromatic N) is 2. The second-order valence-corrected chi connectivity index (χ2v) is 6.21. The van der Waals surface area contributed by atoms with Crippen LogP contribution in [-0.2, 0) is 19.1 Å². The zero-order valence-corrected chi connectivity index (χ0v) is 14.8. The topological polar surface area (TPSA) is 92.4 Å². The summed E-state index contributed by atoms with van der Waals surface area (Å²) in [5, 5.41) is 13.9. The van der Waals surface area contributed by atoms with Gasteiger partial charge in [-0.1, -0.05) is 18.2 Å². The molecule has 0 amide bonds. The number of aromatic nitrogens is 2. The third kappa shape index (κ3) is 3.40. The van der Waals surface area contributed by atoms with E-state index in [4.69, 9.17) is 4.74 Å². The maximum atomic E-state index is 12.3. The van der Waals surface area contributed by atoms with E-state index in [0.29, 0.717) is 0 Å². The fourth-order valence-electron chi connectivity index (χ4n) is 2.35. The molecule has 8 heteroatoms. The van der Waals surface area contributed by atoms with E-state index in [0.717, 1.165) is 28.2 Å². The normalized spacial score (nSPS) is 12.8. The lowest BCUT2D eigenvalue weighted by atomic mass is 10.2. The van der Waals surface area contributed by atoms with Crippen LogP contribution in [0.3, 0.4) is 0 Å². The molecule has 0 saturated heterocycles. The Bertz CT molecular complexity index is 1120. The Morgan fingerprint density at radius 1 is 1.15 bits per heavy atom. The number of pyridine rings is 1. The molecule has 0 aliphatic carbocycles. The molecule has 0 aliphatic heterocycles. The molecular weight excluding hydrogens is 356 g/mol. The first-order valence-electron chi connectivity index (χ1n) is 7.50. The maximum Gasteiger partial charge on any atom is 0.407 e. The highest BCUT2D eigenvalue weighted by Crippen LogP contribution is 2.10. The van der Waals surface area contributed by atoms with E-state index in [2.05, 4.69) is 9.72 Å². The molecule has 3 aromatic rings. The number of esters is 2. The SMILES string of the molecule is COC(=O)C=c1s/c(=C(\C(=O)OC)[n+]2ccc3ccccc3c2)nc1[O-]. The fourth-order valence-corrected chi connectivity index (χ4v) is 3.26. The summed E-state index contributed by atoms with van der Waals surface area (Å²) in [6, 6.07) is 9.48. The van der Waals surface area contributed by atoms with E-state index >= 15 is 0 Å². The molecule has 26 heavy (non-hydrogen) atoms. The Balaban J connectivity index is 2.28. The van der Waals surface area contributed by atoms with E-state index in [9.17, 15) is 14.7 Å². The Morgan fingerprint density at radius 2 is 1.88 bits per heavy atom. The minimum Gasteiger partial charge on any atom is -0.858 e. The van der Waals surface area contributed by atoms with Crippen LogP contribution in [-0.4, -0.2) is 31.1 Å². The van der Waals surface area contributed by atoms with Crippen molar-refractivity contribution in [1.82, 2.24) is 4.98 Å². The fraction of sp³-hybridized carbons (Fsp3) is 0.111. The van der Waals surface area contributed by atoms with Crippen LogP contribution in [0.25, 0.3) is 22.5 Å². The molecule has 0 unspecified atom stereocenters. The second kappa shape index (κ2) is 7.32. The number of hydrogen-bond acceptors (Lipinski definition) is 7. The lowest BCUT2D eigenvalue weighted by molar-refractivity contribution is -0.577. The number of thiazole rings is 1. The zero-order valence-electron chi connectivity index (χ0n) is 14.0. The highest BCUT2D eigenvalue weighted by atomic mass is 32.1. The van der Waals surface area contributed by atoms with Gasteiger partial charge in [0.2, 0.25) is 0 Å². The molecule has 0 aliphatic rings. The molecule has 2 heterocycles. The minimum atomic E-state index is -0.671. The number of hydrogen-bond donors (Lipinski definition) is 0. The summed E-state index contributed by atoms with van der Waals surface area (Å²) < 4.78 is 11.2. The average Bonchev–Trinajstić information content (AvgIpc) is 3.01. The maximum absolute atomic E-state index is 12.3. The summed E-state index contributed by atoms with van der Waals surface area (Å²) >= 11 is 0.917. The number of benzene rings is 1. The van der Waals surface area contributed by atoms with Crippen LogP contribution in [0.1, 0.15) is 0 Å². The minimum absolute atomic E-state index is 0.0784. The van der Waals surface area contributed by atoms with Gasteiger partial charge in [-0.05, 0) is 11.5 Å². The highest BCUT2D eigenvalue weighted by molar-refractivity contribution is 7.08. The Morgan fingerprint density at radius 3 is 2.58 bits per heavy atom. The third-order valence-electron chi connectivity index (χ3n) is 3.60. The summed E-state index contributed by atoms with van der Waals surface area (Å²) in [6.07, 6.45) is 4.48. The highest BCUT2D eigenvalue weighted by Gasteiger charge is 2.24. The van der Waals surface area contributed by atoms with Crippen molar-refractivity contribution in [2.45, 2.75) is 0 Å². The van der Waals surface area contributed by atoms with E-state index in [-0.39, 0.29) is 14.9 Å². The monoisotopic (exact) mass is 370 g/mol. The van der Waals surface area contributed by atoms with E-state index in [1.165, 1.54) is 14.2 Å². The molecule has 0 bridgehead atoms. The van der Waals surface area contributed by atoms with Gasteiger partial charge in [-0.2, -0.15) is 4.57 Å². The van der Waals surface area contributed by atoms with Gasteiger partial charge in [0.15, 0.2) is 17.1 Å². The van der Waals surface area contributed by atoms with Gasteiger partial charge in [0, 0.05) is 27.9 Å². The van der Waals surface area contributed by atoms with Gasteiger partial charge in [0.1, 0.15) is 0 Å². The Labute approximate surface area is 152 Å². The molecule has 0 saturated carbocycles. The summed E-state index contributed by atoms with van der Waals surface area (Å²) in [4.78, 5) is 27.6. The second-order valence-electron chi connectivity index (χ2n) is 5.18. The molecule has 0 spiro atoms. The summed E-state index contributed by atoms with van der Waals surface area (Å²) in [5.74, 6) is -1.93. The first-order chi connectivity index (χ1) is 12.5. The van der Waals surface area contributed by atoms with Crippen molar-refractivity contribution in [3.63, 3.8) is 0 Å². The van der Waals surface area contributed by atoms with Crippen LogP contribution in [0.15, 0.2) is 42.7 Å². The van der Waals surface area contributed by atoms with E-state index < -0.39 is 17.8 Å². The third-order valence-corrected chi connectivity index (χ3v) is 4.59. The first kappa shape index (κ1) is 17.6. The number of carbonyl (C=O) groups excluding carboxylic acids is 2. The van der Waals surface area contributed by atoms with Gasteiger partial charge >= 0.3 is 17.6 Å². The number of carbonyl (C=O) groups is 2. The van der Waals surface area contributed by atoms with Crippen molar-refractivity contribution in [2.75, 3.05) is 14.2 Å². The van der Waals surface area contributed by atoms with Crippen LogP contribution >= 0.6 is 11.3 Å². The van der Waals surface area contributed by atoms with Gasteiger partial charge in [-0.15, -0.1) is 11.3 Å². The van der Waals surface area contributed by atoms with Crippen LogP contribution in [0.5, 0.6) is 5.88 Å². The predicted octanol–water partition coefficient (Wildman–Crippen LogP) is -0.560. The van der Waals surface area contributed by atoms with E-state index in [1.54, 1.807) is 17.0 Å². The predicted molar refractivity (Wildman–Crippen MR) is 92.3 cm³/mol. The van der Waals surface area contributed by atoms with Crippen LogP contribution in [0, 0.1) is 0 Å². The molecule has 0 radical (unpaired) electrons. The molecule has 1 aromatic carbocycles. The lowest BCUT2D eigenvalue weighted by Crippen LogP contribution is -2.41. The van der Waals surface area contributed by atoms with Gasteiger partial charge in [0.25, 0.3) is 0 Å². The Hall–Kier alpha value is -3.26. The van der Waals surface area contributed by atoms with Gasteiger partial charge in [-0.25, -0.2) is 14.6 Å². The van der Waals surface area contributed by atoms with Gasteiger partial charge in [0.05, 0.1) is 14.2 Å². The quantitative estimate of drug-likeness (QED) is 0.453. The number of methoxy groups -OCH3 is 2. The number of fused-ring (bicyclic) bond motifs is 1. The van der Waals surface area contributed by atoms with Crippen molar-refractivity contribution >= 4 is 45.8 Å². The smallest absolute Gasteiger partial charge is 0.407 e. The standard InChI is InChI=1S/C18H14N2O5S/c1-24-14(21)9-13-16(22)19-17(26-13)15(18(23)25-2)20-8-7-11-5-3-4-6-12(11)10-20/h3-10H,1-2H3. The van der Waals surface area contributed by atoms with Crippen molar-refractivity contribution in [1.29, 1.82) is 0 Å². The lowest BCUT2D eigenvalue weighted by Gasteiger charge is -2.00. The molecule has 2 aromatic heterocycles. The van der Waals surface area contributed by atoms with Gasteiger partial charge < -0.3 is 14.6 Å². The van der Waals surface area contributed by atoms with Crippen LogP contribution < -0.4 is 18.9 Å². The largest absolute Gasteiger partial charge is 0.858 e. The summed E-state index contributed by atoms with van der Waals surface area (Å²) in [6.45, 7) is 0. The van der Waals surface area contributed by atoms with Crippen molar-refractivity contribution in [3.05, 3.63) is 51.9 Å². The van der Waals surface area contributed by atoms with Crippen molar-refractivity contribution < 1.29 is 28.7 Å². The van der Waals surface area contributed by atoms with Crippen molar-refractivity contribution in [3.8, 4) is 5.88 Å². The molecule has 7 nitrogen and oxygen atoms in total. The van der Waals surface area contributed by atoms with E-state index in [1.807, 2.05) is 30.3 Å². The summed E-state index contributed by atoms with van der Waals surface area (Å²) in [5.41, 5.74) is 0.0878.